The molecule has 0 saturated heterocycles. The third-order valence-corrected chi connectivity index (χ3v) is 7.43. The average molecular weight is 503 g/mol. The minimum Gasteiger partial charge on any atom is -0.298 e. The normalized spacial score (nSPS) is 11.7. The summed E-state index contributed by atoms with van der Waals surface area (Å²) in [5.74, 6) is -0.236. The molecule has 0 fully saturated rings. The Bertz CT molecular complexity index is 1210. The van der Waals surface area contributed by atoms with Crippen LogP contribution in [0.1, 0.15) is 10.4 Å². The monoisotopic (exact) mass is 502 g/mol. The van der Waals surface area contributed by atoms with E-state index in [9.17, 15) is 23.3 Å². The lowest BCUT2D eigenvalue weighted by Gasteiger charge is -2.20. The number of sulfonamides is 1. The van der Waals surface area contributed by atoms with Crippen molar-refractivity contribution in [2.45, 2.75) is 4.90 Å². The number of thiazole rings is 1. The third-order valence-electron chi connectivity index (χ3n) is 4.22. The van der Waals surface area contributed by atoms with E-state index in [1.165, 1.54) is 52.0 Å². The van der Waals surface area contributed by atoms with Crippen LogP contribution in [-0.2, 0) is 10.0 Å². The quantitative estimate of drug-likeness (QED) is 0.268. The Morgan fingerprint density at radius 2 is 1.77 bits per heavy atom. The highest BCUT2D eigenvalue weighted by molar-refractivity contribution is 7.89. The van der Waals surface area contributed by atoms with Crippen molar-refractivity contribution >= 4 is 71.5 Å². The number of benzene rings is 2. The molecule has 9 nitrogen and oxygen atoms in total. The van der Waals surface area contributed by atoms with Gasteiger partial charge in [-0.05, 0) is 30.3 Å². The predicted octanol–water partition coefficient (Wildman–Crippen LogP) is 3.93. The number of carbonyl (C=O) groups is 1. The Kier molecular flexibility index (Phi) is 7.44. The van der Waals surface area contributed by atoms with E-state index in [0.717, 1.165) is 0 Å². The van der Waals surface area contributed by atoms with Crippen LogP contribution in [0.4, 0.5) is 10.8 Å². The summed E-state index contributed by atoms with van der Waals surface area (Å²) < 4.78 is 27.3. The molecule has 2 aromatic carbocycles. The van der Waals surface area contributed by atoms with Crippen molar-refractivity contribution in [3.63, 3.8) is 0 Å². The van der Waals surface area contributed by atoms with Crippen LogP contribution in [0, 0.1) is 10.1 Å². The zero-order chi connectivity index (χ0) is 22.6. The number of nitrogens with one attached hydrogen (secondary N) is 1. The van der Waals surface area contributed by atoms with Crippen molar-refractivity contribution in [1.82, 2.24) is 9.29 Å². The molecule has 164 valence electrons. The summed E-state index contributed by atoms with van der Waals surface area (Å²) in [7, 11) is -3.79. The van der Waals surface area contributed by atoms with E-state index >= 15 is 0 Å². The van der Waals surface area contributed by atoms with Crippen molar-refractivity contribution in [3.8, 4) is 0 Å². The molecule has 3 aromatic rings. The number of non-ortho nitro benzene ring substituents is 1. The van der Waals surface area contributed by atoms with Gasteiger partial charge < -0.3 is 0 Å². The number of carbonyl (C=O) groups excluding carboxylic acids is 1. The van der Waals surface area contributed by atoms with Gasteiger partial charge >= 0.3 is 0 Å². The first-order valence-corrected chi connectivity index (χ1v) is 12.2. The minimum atomic E-state index is -3.79. The maximum Gasteiger partial charge on any atom is 0.271 e. The second kappa shape index (κ2) is 9.88. The Balaban J connectivity index is 1.77. The number of aromatic nitrogens is 1. The van der Waals surface area contributed by atoms with Gasteiger partial charge in [0.2, 0.25) is 10.0 Å². The standard InChI is InChI=1S/C18H16Cl2N4O5S2/c19-7-9-23(10-8-20)31(28,29)14-4-1-12(2-5-14)17(25)22-18-21-15-11-13(24(26)27)3-6-16(15)30-18/h1-6,11H,7-10H2,(H,21,22,25). The summed E-state index contributed by atoms with van der Waals surface area (Å²) in [6, 6.07) is 9.70. The molecule has 0 aliphatic heterocycles. The van der Waals surface area contributed by atoms with Gasteiger partial charge in [-0.2, -0.15) is 4.31 Å². The Labute approximate surface area is 191 Å². The summed E-state index contributed by atoms with van der Waals surface area (Å²) in [6.07, 6.45) is 0. The van der Waals surface area contributed by atoms with Gasteiger partial charge in [-0.15, -0.1) is 23.2 Å². The van der Waals surface area contributed by atoms with E-state index < -0.39 is 20.9 Å². The van der Waals surface area contributed by atoms with E-state index in [1.807, 2.05) is 0 Å². The first-order chi connectivity index (χ1) is 14.8. The molecule has 0 aliphatic rings. The first-order valence-electron chi connectivity index (χ1n) is 8.84. The number of hydrogen-bond donors (Lipinski definition) is 1. The molecule has 3 rings (SSSR count). The highest BCUT2D eigenvalue weighted by Gasteiger charge is 2.24. The Morgan fingerprint density at radius 1 is 1.13 bits per heavy atom. The highest BCUT2D eigenvalue weighted by atomic mass is 35.5. The largest absolute Gasteiger partial charge is 0.298 e. The van der Waals surface area contributed by atoms with Crippen molar-refractivity contribution in [2.75, 3.05) is 30.2 Å². The average Bonchev–Trinajstić information content (AvgIpc) is 3.15. The molecule has 13 heteroatoms. The van der Waals surface area contributed by atoms with Crippen molar-refractivity contribution in [2.24, 2.45) is 0 Å². The molecule has 0 saturated carbocycles. The number of amides is 1. The number of anilines is 1. The molecule has 0 aliphatic carbocycles. The van der Waals surface area contributed by atoms with Crippen LogP contribution in [-0.4, -0.2) is 53.4 Å². The number of fused-ring (bicyclic) bond motifs is 1. The summed E-state index contributed by atoms with van der Waals surface area (Å²) in [5.41, 5.74) is 0.532. The predicted molar refractivity (Wildman–Crippen MR) is 121 cm³/mol. The fourth-order valence-electron chi connectivity index (χ4n) is 2.72. The van der Waals surface area contributed by atoms with Crippen LogP contribution in [0.5, 0.6) is 0 Å². The maximum atomic E-state index is 12.7. The van der Waals surface area contributed by atoms with Gasteiger partial charge in [0.25, 0.3) is 11.6 Å². The van der Waals surface area contributed by atoms with E-state index in [1.54, 1.807) is 6.07 Å². The van der Waals surface area contributed by atoms with Gasteiger partial charge in [-0.3, -0.25) is 20.2 Å². The van der Waals surface area contributed by atoms with Gasteiger partial charge in [0.05, 0.1) is 20.0 Å². The molecule has 0 radical (unpaired) electrons. The minimum absolute atomic E-state index is 0.0200. The van der Waals surface area contributed by atoms with Gasteiger partial charge in [-0.1, -0.05) is 11.3 Å². The van der Waals surface area contributed by atoms with Crippen LogP contribution in [0.2, 0.25) is 0 Å². The molecular weight excluding hydrogens is 487 g/mol. The first kappa shape index (κ1) is 23.4. The lowest BCUT2D eigenvalue weighted by atomic mass is 10.2. The van der Waals surface area contributed by atoms with Gasteiger partial charge in [0.1, 0.15) is 0 Å². The second-order valence-corrected chi connectivity index (χ2v) is 9.91. The molecule has 0 atom stereocenters. The van der Waals surface area contributed by atoms with Gasteiger partial charge in [0.15, 0.2) is 5.13 Å². The molecule has 1 aromatic heterocycles. The van der Waals surface area contributed by atoms with Crippen LogP contribution in [0.15, 0.2) is 47.4 Å². The van der Waals surface area contributed by atoms with E-state index in [4.69, 9.17) is 23.2 Å². The molecule has 1 heterocycles. The topological polar surface area (TPSA) is 123 Å². The summed E-state index contributed by atoms with van der Waals surface area (Å²) in [6.45, 7) is 0.239. The highest BCUT2D eigenvalue weighted by Crippen LogP contribution is 2.29. The number of nitro groups is 1. The van der Waals surface area contributed by atoms with Gasteiger partial charge in [-0.25, -0.2) is 13.4 Å². The number of hydrogen-bond acceptors (Lipinski definition) is 7. The lowest BCUT2D eigenvalue weighted by molar-refractivity contribution is -0.384. The van der Waals surface area contributed by atoms with Crippen LogP contribution in [0.3, 0.4) is 0 Å². The fourth-order valence-corrected chi connectivity index (χ4v) is 5.61. The van der Waals surface area contributed by atoms with Crippen molar-refractivity contribution in [3.05, 3.63) is 58.1 Å². The number of rotatable bonds is 9. The Morgan fingerprint density at radius 3 is 2.35 bits per heavy atom. The molecule has 31 heavy (non-hydrogen) atoms. The SMILES string of the molecule is O=C(Nc1nc2cc([N+](=O)[O-])ccc2s1)c1ccc(S(=O)(=O)N(CCCl)CCCl)cc1. The van der Waals surface area contributed by atoms with Crippen molar-refractivity contribution in [1.29, 1.82) is 0 Å². The molecule has 0 unspecified atom stereocenters. The lowest BCUT2D eigenvalue weighted by Crippen LogP contribution is -2.34. The van der Waals surface area contributed by atoms with E-state index in [0.29, 0.717) is 10.2 Å². The molecule has 0 spiro atoms. The smallest absolute Gasteiger partial charge is 0.271 e. The number of halogens is 2. The van der Waals surface area contributed by atoms with E-state index in [-0.39, 0.29) is 46.1 Å². The third kappa shape index (κ3) is 5.31. The summed E-state index contributed by atoms with van der Waals surface area (Å²) in [5, 5.41) is 13.8. The summed E-state index contributed by atoms with van der Waals surface area (Å²) >= 11 is 12.5. The summed E-state index contributed by atoms with van der Waals surface area (Å²) in [4.78, 5) is 27.1. The second-order valence-electron chi connectivity index (χ2n) is 6.19. The van der Waals surface area contributed by atoms with Crippen LogP contribution >= 0.6 is 34.5 Å². The molecule has 1 amide bonds. The number of alkyl halides is 2. The fraction of sp³-hybridized carbons (Fsp3) is 0.222. The maximum absolute atomic E-state index is 12.7. The van der Waals surface area contributed by atoms with Gasteiger partial charge in [0, 0.05) is 42.5 Å². The van der Waals surface area contributed by atoms with E-state index in [2.05, 4.69) is 10.3 Å². The molecule has 1 N–H and O–H groups in total. The zero-order valence-electron chi connectivity index (χ0n) is 15.8. The number of nitrogens with zero attached hydrogens (tertiary/aromatic N) is 3. The van der Waals surface area contributed by atoms with Crippen LogP contribution in [0.25, 0.3) is 10.2 Å². The number of nitro benzene ring substituents is 1. The zero-order valence-corrected chi connectivity index (χ0v) is 19.0. The molecular formula is C18H16Cl2N4O5S2. The van der Waals surface area contributed by atoms with Crippen molar-refractivity contribution < 1.29 is 18.1 Å². The molecule has 0 bridgehead atoms. The Hall–Kier alpha value is -2.31. The van der Waals surface area contributed by atoms with Crippen LogP contribution < -0.4 is 5.32 Å².